The first-order valence-electron chi connectivity index (χ1n) is 5.41. The molecular formula is C12H17NO2. The van der Waals surface area contributed by atoms with Crippen LogP contribution in [0, 0.1) is 0 Å². The van der Waals surface area contributed by atoms with Gasteiger partial charge in [-0.3, -0.25) is 0 Å². The lowest BCUT2D eigenvalue weighted by Gasteiger charge is -2.16. The highest BCUT2D eigenvalue weighted by Gasteiger charge is 2.25. The Kier molecular flexibility index (Phi) is 3.23. The molecule has 0 saturated carbocycles. The monoisotopic (exact) mass is 207 g/mol. The zero-order valence-electron chi connectivity index (χ0n) is 8.94. The van der Waals surface area contributed by atoms with Crippen LogP contribution < -0.4 is 5.32 Å². The number of anilines is 1. The normalized spacial score (nSPS) is 25.5. The van der Waals surface area contributed by atoms with E-state index >= 15 is 0 Å². The molecule has 0 aromatic heterocycles. The van der Waals surface area contributed by atoms with Gasteiger partial charge in [0.25, 0.3) is 0 Å². The van der Waals surface area contributed by atoms with Crippen LogP contribution in [-0.4, -0.2) is 30.5 Å². The van der Waals surface area contributed by atoms with E-state index in [9.17, 15) is 5.11 Å². The average Bonchev–Trinajstić information content (AvgIpc) is 2.65. The third-order valence-electron chi connectivity index (χ3n) is 2.74. The maximum atomic E-state index is 9.59. The van der Waals surface area contributed by atoms with Crippen molar-refractivity contribution in [1.82, 2.24) is 0 Å². The minimum atomic E-state index is -0.393. The lowest BCUT2D eigenvalue weighted by atomic mass is 10.1. The van der Waals surface area contributed by atoms with Crippen molar-refractivity contribution in [2.75, 3.05) is 18.5 Å². The van der Waals surface area contributed by atoms with Crippen LogP contribution in [0.25, 0.3) is 0 Å². The fourth-order valence-electron chi connectivity index (χ4n) is 1.78. The van der Waals surface area contributed by atoms with Crippen molar-refractivity contribution in [1.29, 1.82) is 0 Å². The molecular weight excluding hydrogens is 190 g/mol. The first-order valence-corrected chi connectivity index (χ1v) is 5.41. The maximum Gasteiger partial charge on any atom is 0.0996 e. The fraction of sp³-hybridized carbons (Fsp3) is 0.500. The second-order valence-corrected chi connectivity index (χ2v) is 3.91. The molecule has 0 bridgehead atoms. The van der Waals surface area contributed by atoms with Crippen LogP contribution in [0.15, 0.2) is 24.3 Å². The van der Waals surface area contributed by atoms with Crippen molar-refractivity contribution in [3.63, 3.8) is 0 Å². The summed E-state index contributed by atoms with van der Waals surface area (Å²) in [5.74, 6) is 0. The van der Waals surface area contributed by atoms with Crippen LogP contribution >= 0.6 is 0 Å². The van der Waals surface area contributed by atoms with E-state index in [4.69, 9.17) is 4.74 Å². The number of ether oxygens (including phenoxy) is 1. The van der Waals surface area contributed by atoms with Crippen LogP contribution in [0.3, 0.4) is 0 Å². The van der Waals surface area contributed by atoms with Gasteiger partial charge in [-0.15, -0.1) is 0 Å². The third-order valence-corrected chi connectivity index (χ3v) is 2.74. The molecule has 3 heteroatoms. The summed E-state index contributed by atoms with van der Waals surface area (Å²) >= 11 is 0. The van der Waals surface area contributed by atoms with E-state index in [1.807, 2.05) is 12.1 Å². The van der Waals surface area contributed by atoms with E-state index in [1.54, 1.807) is 0 Å². The summed E-state index contributed by atoms with van der Waals surface area (Å²) < 4.78 is 5.19. The second-order valence-electron chi connectivity index (χ2n) is 3.91. The first kappa shape index (κ1) is 10.5. The number of benzene rings is 1. The molecule has 0 radical (unpaired) electrons. The Bertz CT molecular complexity index is 327. The molecule has 1 saturated heterocycles. The Morgan fingerprint density at radius 2 is 2.33 bits per heavy atom. The lowest BCUT2D eigenvalue weighted by molar-refractivity contribution is 0.125. The number of hydrogen-bond donors (Lipinski definition) is 2. The highest BCUT2D eigenvalue weighted by atomic mass is 16.5. The molecule has 1 aliphatic rings. The molecule has 82 valence electrons. The molecule has 15 heavy (non-hydrogen) atoms. The zero-order chi connectivity index (χ0) is 10.7. The molecule has 1 heterocycles. The van der Waals surface area contributed by atoms with Gasteiger partial charge in [0.1, 0.15) is 0 Å². The van der Waals surface area contributed by atoms with E-state index in [0.717, 1.165) is 12.1 Å². The minimum absolute atomic E-state index is 0.0251. The number of aryl methyl sites for hydroxylation is 1. The standard InChI is InChI=1S/C12H17NO2/c1-2-9-4-3-5-10(6-9)13-11-7-15-8-12(11)14/h3-6,11-14H,2,7-8H2,1H3. The van der Waals surface area contributed by atoms with Gasteiger partial charge < -0.3 is 15.2 Å². The van der Waals surface area contributed by atoms with E-state index in [2.05, 4.69) is 24.4 Å². The predicted molar refractivity (Wildman–Crippen MR) is 60.1 cm³/mol. The van der Waals surface area contributed by atoms with E-state index < -0.39 is 6.10 Å². The molecule has 1 fully saturated rings. The van der Waals surface area contributed by atoms with Crippen molar-refractivity contribution < 1.29 is 9.84 Å². The fourth-order valence-corrected chi connectivity index (χ4v) is 1.78. The molecule has 0 amide bonds. The summed E-state index contributed by atoms with van der Waals surface area (Å²) in [6.45, 7) is 3.15. The van der Waals surface area contributed by atoms with Crippen molar-refractivity contribution in [3.05, 3.63) is 29.8 Å². The summed E-state index contributed by atoms with van der Waals surface area (Å²) in [6.07, 6.45) is 0.634. The highest BCUT2D eigenvalue weighted by molar-refractivity contribution is 5.47. The van der Waals surface area contributed by atoms with Crippen molar-refractivity contribution in [2.24, 2.45) is 0 Å². The van der Waals surface area contributed by atoms with Crippen LogP contribution in [0.5, 0.6) is 0 Å². The summed E-state index contributed by atoms with van der Waals surface area (Å²) in [5, 5.41) is 12.9. The quantitative estimate of drug-likeness (QED) is 0.787. The first-order chi connectivity index (χ1) is 7.29. The molecule has 2 unspecified atom stereocenters. The van der Waals surface area contributed by atoms with Gasteiger partial charge in [-0.1, -0.05) is 19.1 Å². The minimum Gasteiger partial charge on any atom is -0.388 e. The van der Waals surface area contributed by atoms with Gasteiger partial charge in [0.15, 0.2) is 0 Å². The highest BCUT2D eigenvalue weighted by Crippen LogP contribution is 2.16. The van der Waals surface area contributed by atoms with Gasteiger partial charge in [0, 0.05) is 5.69 Å². The molecule has 2 N–H and O–H groups in total. The Hall–Kier alpha value is -1.06. The lowest BCUT2D eigenvalue weighted by Crippen LogP contribution is -2.31. The van der Waals surface area contributed by atoms with E-state index in [1.165, 1.54) is 5.56 Å². The van der Waals surface area contributed by atoms with Gasteiger partial charge in [-0.05, 0) is 24.1 Å². The Morgan fingerprint density at radius 3 is 3.00 bits per heavy atom. The Balaban J connectivity index is 2.03. The van der Waals surface area contributed by atoms with Gasteiger partial charge >= 0.3 is 0 Å². The SMILES string of the molecule is CCc1cccc(NC2COCC2O)c1. The van der Waals surface area contributed by atoms with Crippen LogP contribution in [0.4, 0.5) is 5.69 Å². The second kappa shape index (κ2) is 4.64. The number of nitrogens with one attached hydrogen (secondary N) is 1. The van der Waals surface area contributed by atoms with E-state index in [-0.39, 0.29) is 6.04 Å². The smallest absolute Gasteiger partial charge is 0.0996 e. The van der Waals surface area contributed by atoms with Crippen LogP contribution in [0.2, 0.25) is 0 Å². The number of aliphatic hydroxyl groups excluding tert-OH is 1. The molecule has 1 aromatic rings. The zero-order valence-corrected chi connectivity index (χ0v) is 8.94. The van der Waals surface area contributed by atoms with E-state index in [0.29, 0.717) is 13.2 Å². The number of aliphatic hydroxyl groups is 1. The topological polar surface area (TPSA) is 41.5 Å². The van der Waals surface area contributed by atoms with Gasteiger partial charge in [0.2, 0.25) is 0 Å². The van der Waals surface area contributed by atoms with Crippen molar-refractivity contribution >= 4 is 5.69 Å². The van der Waals surface area contributed by atoms with Crippen LogP contribution in [-0.2, 0) is 11.2 Å². The molecule has 3 nitrogen and oxygen atoms in total. The van der Waals surface area contributed by atoms with Gasteiger partial charge in [0.05, 0.1) is 25.4 Å². The summed E-state index contributed by atoms with van der Waals surface area (Å²) in [6, 6.07) is 8.29. The molecule has 0 spiro atoms. The molecule has 2 atom stereocenters. The number of rotatable bonds is 3. The van der Waals surface area contributed by atoms with Crippen molar-refractivity contribution in [3.8, 4) is 0 Å². The van der Waals surface area contributed by atoms with Crippen molar-refractivity contribution in [2.45, 2.75) is 25.5 Å². The third kappa shape index (κ3) is 2.49. The van der Waals surface area contributed by atoms with Crippen LogP contribution in [0.1, 0.15) is 12.5 Å². The molecule has 1 aromatic carbocycles. The summed E-state index contributed by atoms with van der Waals surface area (Å²) in [5.41, 5.74) is 2.36. The average molecular weight is 207 g/mol. The Labute approximate surface area is 90.1 Å². The maximum absolute atomic E-state index is 9.59. The summed E-state index contributed by atoms with van der Waals surface area (Å²) in [7, 11) is 0. The Morgan fingerprint density at radius 1 is 1.47 bits per heavy atom. The number of hydrogen-bond acceptors (Lipinski definition) is 3. The molecule has 1 aliphatic heterocycles. The predicted octanol–water partition coefficient (Wildman–Crippen LogP) is 1.42. The molecule has 0 aliphatic carbocycles. The summed E-state index contributed by atoms with van der Waals surface area (Å²) in [4.78, 5) is 0. The molecule has 2 rings (SSSR count). The van der Waals surface area contributed by atoms with Gasteiger partial charge in [-0.2, -0.15) is 0 Å². The van der Waals surface area contributed by atoms with Gasteiger partial charge in [-0.25, -0.2) is 0 Å². The largest absolute Gasteiger partial charge is 0.388 e.